The van der Waals surface area contributed by atoms with E-state index >= 15 is 0 Å². The molecule has 1 saturated carbocycles. The molecule has 1 fully saturated rings. The van der Waals surface area contributed by atoms with Gasteiger partial charge in [0.2, 0.25) is 0 Å². The number of hydrogen-bond acceptors (Lipinski definition) is 2. The molecule has 20 heavy (non-hydrogen) atoms. The van der Waals surface area contributed by atoms with E-state index in [-0.39, 0.29) is 17.9 Å². The Labute approximate surface area is 126 Å². The quantitative estimate of drug-likeness (QED) is 0.903. The van der Waals surface area contributed by atoms with E-state index in [0.717, 1.165) is 28.1 Å². The lowest BCUT2D eigenvalue weighted by molar-refractivity contribution is 0.0935. The lowest BCUT2D eigenvalue weighted by atomic mass is 10.1. The van der Waals surface area contributed by atoms with E-state index in [2.05, 4.69) is 21.2 Å². The van der Waals surface area contributed by atoms with Crippen LogP contribution >= 0.6 is 15.9 Å². The van der Waals surface area contributed by atoms with Crippen molar-refractivity contribution in [1.82, 2.24) is 5.32 Å². The average Bonchev–Trinajstić information content (AvgIpc) is 3.25. The van der Waals surface area contributed by atoms with Crippen molar-refractivity contribution in [2.75, 3.05) is 13.2 Å². The number of hydrogen-bond donors (Lipinski definition) is 2. The van der Waals surface area contributed by atoms with Crippen LogP contribution in [0.3, 0.4) is 0 Å². The van der Waals surface area contributed by atoms with Gasteiger partial charge < -0.3 is 10.4 Å². The molecule has 0 bridgehead atoms. The van der Waals surface area contributed by atoms with Gasteiger partial charge in [0.15, 0.2) is 0 Å². The van der Waals surface area contributed by atoms with E-state index in [4.69, 9.17) is 0 Å². The fourth-order valence-corrected chi connectivity index (χ4v) is 2.67. The smallest absolute Gasteiger partial charge is 0.251 e. The molecule has 1 aliphatic rings. The number of fused-ring (bicyclic) bond motifs is 1. The van der Waals surface area contributed by atoms with E-state index in [1.165, 1.54) is 0 Å². The van der Waals surface area contributed by atoms with Gasteiger partial charge in [-0.05, 0) is 47.9 Å². The third-order valence-electron chi connectivity index (χ3n) is 3.98. The number of nitrogens with one attached hydrogen (secondary N) is 1. The first-order chi connectivity index (χ1) is 9.62. The van der Waals surface area contributed by atoms with Gasteiger partial charge >= 0.3 is 0 Å². The molecule has 0 radical (unpaired) electrons. The van der Waals surface area contributed by atoms with Crippen LogP contribution in [0.2, 0.25) is 0 Å². The zero-order valence-corrected chi connectivity index (χ0v) is 12.6. The maximum Gasteiger partial charge on any atom is 0.251 e. The molecule has 0 aromatic heterocycles. The fraction of sp³-hybridized carbons (Fsp3) is 0.312. The molecule has 1 amide bonds. The summed E-state index contributed by atoms with van der Waals surface area (Å²) in [5, 5.41) is 14.3. The first-order valence-electron chi connectivity index (χ1n) is 6.70. The predicted molar refractivity (Wildman–Crippen MR) is 82.7 cm³/mol. The monoisotopic (exact) mass is 333 g/mol. The summed E-state index contributed by atoms with van der Waals surface area (Å²) in [6, 6.07) is 11.7. The minimum absolute atomic E-state index is 0.0582. The van der Waals surface area contributed by atoms with E-state index in [9.17, 15) is 9.90 Å². The first kappa shape index (κ1) is 13.6. The molecule has 104 valence electrons. The Morgan fingerprint density at radius 2 is 1.90 bits per heavy atom. The Morgan fingerprint density at radius 3 is 2.60 bits per heavy atom. The maximum absolute atomic E-state index is 12.1. The van der Waals surface area contributed by atoms with E-state index in [0.29, 0.717) is 12.1 Å². The van der Waals surface area contributed by atoms with Crippen LogP contribution in [0.4, 0.5) is 0 Å². The van der Waals surface area contributed by atoms with Gasteiger partial charge in [-0.25, -0.2) is 0 Å². The second-order valence-electron chi connectivity index (χ2n) is 5.55. The topological polar surface area (TPSA) is 49.3 Å². The Kier molecular flexibility index (Phi) is 3.52. The lowest BCUT2D eigenvalue weighted by Gasteiger charge is -2.13. The Hall–Kier alpha value is -1.39. The highest BCUT2D eigenvalue weighted by molar-refractivity contribution is 9.10. The van der Waals surface area contributed by atoms with Crippen molar-refractivity contribution in [3.8, 4) is 0 Å². The molecule has 3 nitrogen and oxygen atoms in total. The molecule has 2 N–H and O–H groups in total. The Morgan fingerprint density at radius 1 is 1.20 bits per heavy atom. The summed E-state index contributed by atoms with van der Waals surface area (Å²) < 4.78 is 1.03. The highest BCUT2D eigenvalue weighted by atomic mass is 79.9. The number of aliphatic hydroxyl groups excluding tert-OH is 1. The number of aliphatic hydroxyl groups is 1. The zero-order chi connectivity index (χ0) is 14.2. The number of halogens is 1. The normalized spacial score (nSPS) is 16.1. The van der Waals surface area contributed by atoms with Crippen molar-refractivity contribution in [2.45, 2.75) is 12.8 Å². The molecule has 0 spiro atoms. The summed E-state index contributed by atoms with van der Waals surface area (Å²) in [6.45, 7) is 0.708. The molecule has 0 saturated heterocycles. The minimum Gasteiger partial charge on any atom is -0.396 e. The van der Waals surface area contributed by atoms with Crippen molar-refractivity contribution >= 4 is 32.6 Å². The van der Waals surface area contributed by atoms with Crippen molar-refractivity contribution in [3.05, 3.63) is 46.4 Å². The molecular weight excluding hydrogens is 318 g/mol. The van der Waals surface area contributed by atoms with Gasteiger partial charge in [0.05, 0.1) is 6.61 Å². The van der Waals surface area contributed by atoms with Crippen molar-refractivity contribution in [1.29, 1.82) is 0 Å². The molecule has 0 heterocycles. The summed E-state index contributed by atoms with van der Waals surface area (Å²) in [4.78, 5) is 12.1. The summed E-state index contributed by atoms with van der Waals surface area (Å²) in [7, 11) is 0. The second kappa shape index (κ2) is 5.19. The molecule has 0 unspecified atom stereocenters. The largest absolute Gasteiger partial charge is 0.396 e. The second-order valence-corrected chi connectivity index (χ2v) is 6.46. The van der Waals surface area contributed by atoms with Gasteiger partial charge in [-0.1, -0.05) is 28.1 Å². The zero-order valence-electron chi connectivity index (χ0n) is 11.0. The van der Waals surface area contributed by atoms with Gasteiger partial charge in [-0.2, -0.15) is 0 Å². The molecule has 0 atom stereocenters. The van der Waals surface area contributed by atoms with Crippen LogP contribution in [-0.4, -0.2) is 24.2 Å². The van der Waals surface area contributed by atoms with Crippen LogP contribution < -0.4 is 5.32 Å². The third kappa shape index (κ3) is 2.72. The number of rotatable bonds is 4. The summed E-state index contributed by atoms with van der Waals surface area (Å²) >= 11 is 3.44. The standard InChI is InChI=1S/C16H16BrNO2/c17-14-4-3-11-7-13(2-1-12(11)8-14)15(20)18-9-16(10-19)5-6-16/h1-4,7-8,19H,5-6,9-10H2,(H,18,20). The highest BCUT2D eigenvalue weighted by Gasteiger charge is 2.42. The van der Waals surface area contributed by atoms with Gasteiger partial charge in [0.1, 0.15) is 0 Å². The fourth-order valence-electron chi connectivity index (χ4n) is 2.30. The van der Waals surface area contributed by atoms with Crippen LogP contribution in [0, 0.1) is 5.41 Å². The van der Waals surface area contributed by atoms with Gasteiger partial charge in [-0.3, -0.25) is 4.79 Å². The molecule has 1 aliphatic carbocycles. The maximum atomic E-state index is 12.1. The SMILES string of the molecule is O=C(NCC1(CO)CC1)c1ccc2cc(Br)ccc2c1. The Bertz CT molecular complexity index is 665. The number of amides is 1. The van der Waals surface area contributed by atoms with E-state index in [1.807, 2.05) is 36.4 Å². The minimum atomic E-state index is -0.0745. The van der Waals surface area contributed by atoms with Gasteiger partial charge in [-0.15, -0.1) is 0 Å². The van der Waals surface area contributed by atoms with Gasteiger partial charge in [0.25, 0.3) is 5.91 Å². The summed E-state index contributed by atoms with van der Waals surface area (Å²) in [5.41, 5.74) is 0.603. The van der Waals surface area contributed by atoms with Crippen LogP contribution in [0.15, 0.2) is 40.9 Å². The molecule has 3 rings (SSSR count). The summed E-state index contributed by atoms with van der Waals surface area (Å²) in [5.74, 6) is -0.0745. The summed E-state index contributed by atoms with van der Waals surface area (Å²) in [6.07, 6.45) is 1.99. The van der Waals surface area contributed by atoms with Crippen molar-refractivity contribution < 1.29 is 9.90 Å². The van der Waals surface area contributed by atoms with Crippen LogP contribution in [-0.2, 0) is 0 Å². The van der Waals surface area contributed by atoms with Crippen LogP contribution in [0.1, 0.15) is 23.2 Å². The Balaban J connectivity index is 1.76. The third-order valence-corrected chi connectivity index (χ3v) is 4.47. The van der Waals surface area contributed by atoms with Gasteiger partial charge in [0, 0.05) is 22.0 Å². The molecule has 0 aliphatic heterocycles. The molecule has 2 aromatic carbocycles. The first-order valence-corrected chi connectivity index (χ1v) is 7.50. The van der Waals surface area contributed by atoms with Crippen LogP contribution in [0.25, 0.3) is 10.8 Å². The highest BCUT2D eigenvalue weighted by Crippen LogP contribution is 2.44. The van der Waals surface area contributed by atoms with E-state index < -0.39 is 0 Å². The van der Waals surface area contributed by atoms with E-state index in [1.54, 1.807) is 0 Å². The van der Waals surface area contributed by atoms with Crippen molar-refractivity contribution in [3.63, 3.8) is 0 Å². The average molecular weight is 334 g/mol. The number of benzene rings is 2. The number of carbonyl (C=O) groups is 1. The molecular formula is C16H16BrNO2. The van der Waals surface area contributed by atoms with Crippen molar-refractivity contribution in [2.24, 2.45) is 5.41 Å². The molecule has 2 aromatic rings. The molecule has 4 heteroatoms. The predicted octanol–water partition coefficient (Wildman–Crippen LogP) is 3.10. The number of carbonyl (C=O) groups excluding carboxylic acids is 1. The van der Waals surface area contributed by atoms with Crippen LogP contribution in [0.5, 0.6) is 0 Å². The lowest BCUT2D eigenvalue weighted by Crippen LogP contribution is -2.31.